The molecule has 0 fully saturated rings. The number of nitrogens with zero attached hydrogens (tertiary/aromatic N) is 1. The van der Waals surface area contributed by atoms with Crippen LogP contribution in [0.25, 0.3) is 0 Å². The van der Waals surface area contributed by atoms with E-state index in [4.69, 9.17) is 10.8 Å². The van der Waals surface area contributed by atoms with Crippen LogP contribution in [-0.2, 0) is 0 Å². The maximum Gasteiger partial charge on any atom is 0.336 e. The minimum Gasteiger partial charge on any atom is -0.478 e. The number of hydrogen-bond donors (Lipinski definition) is 2. The molecule has 7 heteroatoms. The van der Waals surface area contributed by atoms with Crippen molar-refractivity contribution in [3.63, 3.8) is 0 Å². The Hall–Kier alpha value is -1.86. The Morgan fingerprint density at radius 1 is 1.37 bits per heavy atom. The quantitative estimate of drug-likeness (QED) is 0.842. The van der Waals surface area contributed by atoms with Crippen molar-refractivity contribution in [2.24, 2.45) is 0 Å². The first-order chi connectivity index (χ1) is 8.99. The minimum absolute atomic E-state index is 0.157. The Morgan fingerprint density at radius 2 is 2.05 bits per heavy atom. The predicted molar refractivity (Wildman–Crippen MR) is 74.1 cm³/mol. The van der Waals surface area contributed by atoms with Crippen molar-refractivity contribution < 1.29 is 14.7 Å². The highest BCUT2D eigenvalue weighted by Gasteiger charge is 2.16. The van der Waals surface area contributed by atoms with E-state index >= 15 is 0 Å². The molecule has 98 valence electrons. The van der Waals surface area contributed by atoms with Gasteiger partial charge in [0.2, 0.25) is 0 Å². The number of aromatic nitrogens is 1. The number of aromatic carboxylic acids is 1. The van der Waals surface area contributed by atoms with Crippen LogP contribution in [0.4, 0.5) is 5.82 Å². The van der Waals surface area contributed by atoms with Crippen molar-refractivity contribution in [2.45, 2.75) is 16.0 Å². The third-order valence-electron chi connectivity index (χ3n) is 2.24. The van der Waals surface area contributed by atoms with Gasteiger partial charge in [-0.15, -0.1) is 11.3 Å². The lowest BCUT2D eigenvalue weighted by molar-refractivity contribution is 0.0693. The highest BCUT2D eigenvalue weighted by molar-refractivity contribution is 8.01. The second-order valence-electron chi connectivity index (χ2n) is 3.65. The Bertz CT molecular complexity index is 652. The molecular formula is C12H10N2O3S2. The molecule has 1 aromatic heterocycles. The van der Waals surface area contributed by atoms with Gasteiger partial charge in [-0.1, -0.05) is 23.9 Å². The van der Waals surface area contributed by atoms with Crippen LogP contribution < -0.4 is 5.73 Å². The lowest BCUT2D eigenvalue weighted by atomic mass is 10.2. The maximum atomic E-state index is 11.2. The molecular weight excluding hydrogens is 284 g/mol. The number of thiazole rings is 1. The average Bonchev–Trinajstić information content (AvgIpc) is 2.72. The number of hydrogen-bond acceptors (Lipinski definition) is 6. The zero-order chi connectivity index (χ0) is 14.0. The highest BCUT2D eigenvalue weighted by atomic mass is 32.2. The molecule has 0 saturated heterocycles. The third-order valence-corrected chi connectivity index (χ3v) is 4.68. The smallest absolute Gasteiger partial charge is 0.336 e. The van der Waals surface area contributed by atoms with Crippen molar-refractivity contribution in [2.75, 3.05) is 5.73 Å². The van der Waals surface area contributed by atoms with E-state index in [1.165, 1.54) is 36.1 Å². The van der Waals surface area contributed by atoms with Crippen LogP contribution in [0.5, 0.6) is 0 Å². The third kappa shape index (κ3) is 2.94. The van der Waals surface area contributed by atoms with Crippen molar-refractivity contribution in [1.82, 2.24) is 4.98 Å². The van der Waals surface area contributed by atoms with Crippen LogP contribution in [0.2, 0.25) is 0 Å². The summed E-state index contributed by atoms with van der Waals surface area (Å²) in [6.07, 6.45) is 0. The van der Waals surface area contributed by atoms with Crippen molar-refractivity contribution in [1.29, 1.82) is 0 Å². The predicted octanol–water partition coefficient (Wildman–Crippen LogP) is 2.78. The Kier molecular flexibility index (Phi) is 3.87. The van der Waals surface area contributed by atoms with Gasteiger partial charge in [-0.25, -0.2) is 9.78 Å². The van der Waals surface area contributed by atoms with Gasteiger partial charge in [0.15, 0.2) is 10.8 Å². The molecule has 1 aromatic carbocycles. The van der Waals surface area contributed by atoms with Crippen molar-refractivity contribution >= 4 is 40.7 Å². The Morgan fingerprint density at radius 3 is 2.63 bits per heavy atom. The van der Waals surface area contributed by atoms with Crippen LogP contribution in [-0.4, -0.2) is 21.8 Å². The van der Waals surface area contributed by atoms with Gasteiger partial charge in [0.25, 0.3) is 0 Å². The average molecular weight is 294 g/mol. The second-order valence-corrected chi connectivity index (χ2v) is 5.96. The minimum atomic E-state index is -1.00. The number of anilines is 1. The summed E-state index contributed by atoms with van der Waals surface area (Å²) in [4.78, 5) is 26.9. The second kappa shape index (κ2) is 5.41. The van der Waals surface area contributed by atoms with E-state index in [1.807, 2.05) is 0 Å². The number of rotatable bonds is 4. The standard InChI is InChI=1S/C12H10N2O3S2/c1-6(15)10-14-9(13)12(19-10)18-8-5-3-2-4-7(8)11(16)17/h2-5H,13H2,1H3,(H,16,17). The normalized spacial score (nSPS) is 10.4. The van der Waals surface area contributed by atoms with E-state index in [1.54, 1.807) is 18.2 Å². The number of nitrogens with two attached hydrogens (primary N) is 1. The highest BCUT2D eigenvalue weighted by Crippen LogP contribution is 2.38. The Labute approximate surface area is 117 Å². The van der Waals surface area contributed by atoms with Gasteiger partial charge in [0.05, 0.1) is 5.56 Å². The molecule has 5 nitrogen and oxygen atoms in total. The molecule has 0 amide bonds. The monoisotopic (exact) mass is 294 g/mol. The van der Waals surface area contributed by atoms with Crippen molar-refractivity contribution in [3.8, 4) is 0 Å². The van der Waals surface area contributed by atoms with Gasteiger partial charge in [-0.3, -0.25) is 4.79 Å². The van der Waals surface area contributed by atoms with Gasteiger partial charge in [0.1, 0.15) is 10.0 Å². The number of carbonyl (C=O) groups excluding carboxylic acids is 1. The van der Waals surface area contributed by atoms with E-state index in [2.05, 4.69) is 4.98 Å². The molecule has 2 aromatic rings. The molecule has 1 heterocycles. The SMILES string of the molecule is CC(=O)c1nc(N)c(Sc2ccccc2C(=O)O)s1. The van der Waals surface area contributed by atoms with E-state index in [9.17, 15) is 9.59 Å². The Balaban J connectivity index is 2.36. The van der Waals surface area contributed by atoms with Crippen LogP contribution >= 0.6 is 23.1 Å². The summed E-state index contributed by atoms with van der Waals surface area (Å²) in [6, 6.07) is 6.62. The van der Waals surface area contributed by atoms with E-state index in [0.717, 1.165) is 0 Å². The molecule has 2 rings (SSSR count). The van der Waals surface area contributed by atoms with Gasteiger partial charge in [-0.2, -0.15) is 0 Å². The summed E-state index contributed by atoms with van der Waals surface area (Å²) in [5, 5.41) is 9.42. The summed E-state index contributed by atoms with van der Waals surface area (Å²) in [7, 11) is 0. The van der Waals surface area contributed by atoms with Crippen LogP contribution in [0.1, 0.15) is 27.1 Å². The largest absolute Gasteiger partial charge is 0.478 e. The number of carbonyl (C=O) groups is 2. The molecule has 0 saturated carbocycles. The fraction of sp³-hybridized carbons (Fsp3) is 0.0833. The molecule has 0 radical (unpaired) electrons. The molecule has 0 aliphatic heterocycles. The lowest BCUT2D eigenvalue weighted by Crippen LogP contribution is -1.98. The lowest BCUT2D eigenvalue weighted by Gasteiger charge is -2.03. The first-order valence-electron chi connectivity index (χ1n) is 5.26. The van der Waals surface area contributed by atoms with Crippen LogP contribution in [0.15, 0.2) is 33.4 Å². The summed E-state index contributed by atoms with van der Waals surface area (Å²) in [5.41, 5.74) is 5.93. The van der Waals surface area contributed by atoms with Gasteiger partial charge in [0, 0.05) is 11.8 Å². The number of Topliss-reactive ketones (excluding diaryl/α,β-unsaturated/α-hetero) is 1. The van der Waals surface area contributed by atoms with Gasteiger partial charge in [-0.05, 0) is 12.1 Å². The first-order valence-corrected chi connectivity index (χ1v) is 6.89. The van der Waals surface area contributed by atoms with Crippen LogP contribution in [0.3, 0.4) is 0 Å². The fourth-order valence-electron chi connectivity index (χ4n) is 1.37. The number of benzene rings is 1. The summed E-state index contributed by atoms with van der Waals surface area (Å²) >= 11 is 2.37. The zero-order valence-electron chi connectivity index (χ0n) is 9.91. The molecule has 0 unspecified atom stereocenters. The number of carboxylic acids is 1. The number of ketones is 1. The zero-order valence-corrected chi connectivity index (χ0v) is 11.5. The van der Waals surface area contributed by atoms with Crippen molar-refractivity contribution in [3.05, 3.63) is 34.8 Å². The maximum absolute atomic E-state index is 11.2. The van der Waals surface area contributed by atoms with E-state index in [-0.39, 0.29) is 17.2 Å². The summed E-state index contributed by atoms with van der Waals surface area (Å²) in [6.45, 7) is 1.41. The van der Waals surface area contributed by atoms with Gasteiger partial charge < -0.3 is 10.8 Å². The molecule has 3 N–H and O–H groups in total. The molecule has 0 bridgehead atoms. The summed E-state index contributed by atoms with van der Waals surface area (Å²) in [5.74, 6) is -0.909. The molecule has 0 aliphatic rings. The van der Waals surface area contributed by atoms with Gasteiger partial charge >= 0.3 is 5.97 Å². The number of carboxylic acid groups (broad SMARTS) is 1. The first kappa shape index (κ1) is 13.6. The molecule has 0 aliphatic carbocycles. The van der Waals surface area contributed by atoms with E-state index in [0.29, 0.717) is 14.1 Å². The van der Waals surface area contributed by atoms with Crippen LogP contribution in [0, 0.1) is 0 Å². The summed E-state index contributed by atoms with van der Waals surface area (Å²) < 4.78 is 0.624. The molecule has 19 heavy (non-hydrogen) atoms. The number of nitrogen functional groups attached to an aromatic ring is 1. The molecule has 0 atom stereocenters. The fourth-order valence-corrected chi connectivity index (χ4v) is 3.42. The topological polar surface area (TPSA) is 93.3 Å². The molecule has 0 spiro atoms. The van der Waals surface area contributed by atoms with E-state index < -0.39 is 5.97 Å².